The maximum absolute atomic E-state index is 9.67. The molecule has 0 unspecified atom stereocenters. The van der Waals surface area contributed by atoms with Gasteiger partial charge in [0, 0.05) is 23.1 Å². The monoisotopic (exact) mass is 156 g/mol. The Morgan fingerprint density at radius 3 is 2.38 bits per heavy atom. The minimum absolute atomic E-state index is 0. The zero-order valence-corrected chi connectivity index (χ0v) is 5.68. The van der Waals surface area contributed by atoms with Crippen molar-refractivity contribution in [3.05, 3.63) is 12.2 Å². The van der Waals surface area contributed by atoms with Crippen molar-refractivity contribution in [3.63, 3.8) is 0 Å². The fourth-order valence-corrected chi connectivity index (χ4v) is 0.219. The van der Waals surface area contributed by atoms with E-state index >= 15 is 0 Å². The summed E-state index contributed by atoms with van der Waals surface area (Å²) < 4.78 is 0. The Balaban J connectivity index is 0. The third kappa shape index (κ3) is 9.21. The topological polar surface area (TPSA) is 37.3 Å². The molecule has 3 heteroatoms. The van der Waals surface area contributed by atoms with Crippen LogP contribution in [0.5, 0.6) is 0 Å². The first-order valence-electron chi connectivity index (χ1n) is 2.17. The normalized spacial score (nSPS) is 8.62. The molecular weight excluding hydrogens is 148 g/mol. The average Bonchev–Trinajstić information content (AvgIpc) is 1.61. The summed E-state index contributed by atoms with van der Waals surface area (Å²) >= 11 is 0. The summed E-state index contributed by atoms with van der Waals surface area (Å²) in [4.78, 5) is 9.67. The molecule has 0 aromatic carbocycles. The van der Waals surface area contributed by atoms with Crippen LogP contribution >= 0.6 is 0 Å². The number of allylic oxidation sites excluding steroid dienone is 1. The molecule has 0 bridgehead atoms. The molecule has 0 aliphatic heterocycles. The Hall–Kier alpha value is -0.271. The summed E-state index contributed by atoms with van der Waals surface area (Å²) in [7, 11) is 0. The number of rotatable bonds is 2. The summed E-state index contributed by atoms with van der Waals surface area (Å²) in [5, 5.41) is 7.96. The van der Waals surface area contributed by atoms with E-state index in [1.807, 2.05) is 6.92 Å². The number of hydrogen-bond donors (Lipinski definition) is 1. The van der Waals surface area contributed by atoms with Crippen LogP contribution in [0.3, 0.4) is 0 Å². The fourth-order valence-electron chi connectivity index (χ4n) is 0.219. The van der Waals surface area contributed by atoms with E-state index in [4.69, 9.17) is 5.11 Å². The zero-order valence-electron chi connectivity index (χ0n) is 4.57. The molecule has 0 rings (SSSR count). The number of carbonyl (C=O) groups is 1. The van der Waals surface area contributed by atoms with Gasteiger partial charge in [-0.1, -0.05) is 13.0 Å². The molecule has 48 valence electrons. The number of carboxylic acids is 1. The van der Waals surface area contributed by atoms with Gasteiger partial charge in [-0.2, -0.15) is 0 Å². The van der Waals surface area contributed by atoms with E-state index in [-0.39, 0.29) is 17.1 Å². The Labute approximate surface area is 59.1 Å². The molecule has 0 atom stereocenters. The van der Waals surface area contributed by atoms with Crippen molar-refractivity contribution >= 4 is 5.97 Å². The maximum atomic E-state index is 9.67. The minimum Gasteiger partial charge on any atom is -0.478 e. The van der Waals surface area contributed by atoms with Crippen LogP contribution < -0.4 is 0 Å². The van der Waals surface area contributed by atoms with Crippen LogP contribution in [0, 0.1) is 0 Å². The van der Waals surface area contributed by atoms with Gasteiger partial charge >= 0.3 is 5.97 Å². The molecule has 0 amide bonds. The summed E-state index contributed by atoms with van der Waals surface area (Å²) in [5.41, 5.74) is 0. The van der Waals surface area contributed by atoms with E-state index in [1.165, 1.54) is 0 Å². The molecule has 0 aliphatic carbocycles. The molecule has 0 saturated heterocycles. The van der Waals surface area contributed by atoms with Crippen molar-refractivity contribution in [2.45, 2.75) is 13.3 Å². The van der Waals surface area contributed by atoms with Gasteiger partial charge in [-0.3, -0.25) is 0 Å². The van der Waals surface area contributed by atoms with Crippen LogP contribution in [0.15, 0.2) is 12.2 Å². The Morgan fingerprint density at radius 1 is 1.75 bits per heavy atom. The molecule has 0 aromatic rings. The molecule has 0 radical (unpaired) electrons. The van der Waals surface area contributed by atoms with Crippen LogP contribution in [-0.2, 0) is 21.9 Å². The largest absolute Gasteiger partial charge is 0.478 e. The van der Waals surface area contributed by atoms with Gasteiger partial charge in [0.15, 0.2) is 0 Å². The quantitative estimate of drug-likeness (QED) is 0.478. The smallest absolute Gasteiger partial charge is 0.327 e. The van der Waals surface area contributed by atoms with Gasteiger partial charge in [-0.15, -0.1) is 0 Å². The number of carboxylic acid groups (broad SMARTS) is 1. The van der Waals surface area contributed by atoms with Crippen molar-refractivity contribution in [1.29, 1.82) is 0 Å². The standard InChI is InChI=1S/C5H8O2.Fe/c1-2-3-4-5(6)7;/h3-4H,2H2,1H3,(H,6,7);. The van der Waals surface area contributed by atoms with Crippen LogP contribution in [0.1, 0.15) is 13.3 Å². The molecule has 2 nitrogen and oxygen atoms in total. The van der Waals surface area contributed by atoms with E-state index in [9.17, 15) is 4.79 Å². The fraction of sp³-hybridized carbons (Fsp3) is 0.400. The van der Waals surface area contributed by atoms with Crippen molar-refractivity contribution in [2.24, 2.45) is 0 Å². The summed E-state index contributed by atoms with van der Waals surface area (Å²) in [6.07, 6.45) is 3.52. The first kappa shape index (κ1) is 10.7. The molecule has 0 aromatic heterocycles. The predicted molar refractivity (Wildman–Crippen MR) is 27.1 cm³/mol. The van der Waals surface area contributed by atoms with Crippen molar-refractivity contribution in [2.75, 3.05) is 0 Å². The van der Waals surface area contributed by atoms with Crippen molar-refractivity contribution in [3.8, 4) is 0 Å². The third-order valence-electron chi connectivity index (χ3n) is 0.496. The molecule has 0 saturated carbocycles. The van der Waals surface area contributed by atoms with Crippen LogP contribution in [-0.4, -0.2) is 11.1 Å². The first-order chi connectivity index (χ1) is 3.27. The SMILES string of the molecule is CCC=CC(=O)O.[Fe]. The summed E-state index contributed by atoms with van der Waals surface area (Å²) in [5.74, 6) is -0.873. The second kappa shape index (κ2) is 6.73. The van der Waals surface area contributed by atoms with E-state index in [0.29, 0.717) is 0 Å². The Morgan fingerprint density at radius 2 is 2.25 bits per heavy atom. The van der Waals surface area contributed by atoms with Crippen LogP contribution in [0.2, 0.25) is 0 Å². The van der Waals surface area contributed by atoms with Crippen LogP contribution in [0.25, 0.3) is 0 Å². The number of aliphatic carboxylic acids is 1. The van der Waals surface area contributed by atoms with E-state index in [2.05, 4.69) is 0 Å². The van der Waals surface area contributed by atoms with Crippen molar-refractivity contribution < 1.29 is 27.0 Å². The maximum Gasteiger partial charge on any atom is 0.327 e. The second-order valence-electron chi connectivity index (χ2n) is 1.15. The number of hydrogen-bond acceptors (Lipinski definition) is 1. The van der Waals surface area contributed by atoms with Gasteiger partial charge in [0.05, 0.1) is 0 Å². The summed E-state index contributed by atoms with van der Waals surface area (Å²) in [6, 6.07) is 0. The van der Waals surface area contributed by atoms with E-state index in [0.717, 1.165) is 12.5 Å². The first-order valence-corrected chi connectivity index (χ1v) is 2.17. The third-order valence-corrected chi connectivity index (χ3v) is 0.496. The van der Waals surface area contributed by atoms with Crippen molar-refractivity contribution in [1.82, 2.24) is 0 Å². The van der Waals surface area contributed by atoms with Gasteiger partial charge in [-0.25, -0.2) is 4.79 Å². The van der Waals surface area contributed by atoms with Gasteiger partial charge in [0.25, 0.3) is 0 Å². The average molecular weight is 156 g/mol. The zero-order chi connectivity index (χ0) is 5.70. The van der Waals surface area contributed by atoms with E-state index in [1.54, 1.807) is 6.08 Å². The Bertz CT molecular complexity index is 88.4. The molecular formula is C5H8FeO2. The second-order valence-corrected chi connectivity index (χ2v) is 1.15. The van der Waals surface area contributed by atoms with Crippen LogP contribution in [0.4, 0.5) is 0 Å². The van der Waals surface area contributed by atoms with Gasteiger partial charge < -0.3 is 5.11 Å². The predicted octanol–water partition coefficient (Wildman–Crippen LogP) is 1.03. The molecule has 1 N–H and O–H groups in total. The van der Waals surface area contributed by atoms with Gasteiger partial charge in [-0.05, 0) is 6.42 Å². The summed E-state index contributed by atoms with van der Waals surface area (Å²) in [6.45, 7) is 1.89. The molecule has 0 heterocycles. The minimum atomic E-state index is -0.873. The molecule has 0 aliphatic rings. The molecule has 0 fully saturated rings. The van der Waals surface area contributed by atoms with Gasteiger partial charge in [0.2, 0.25) is 0 Å². The Kier molecular flexibility index (Phi) is 8.97. The van der Waals surface area contributed by atoms with E-state index < -0.39 is 5.97 Å². The molecule has 0 spiro atoms. The molecule has 8 heavy (non-hydrogen) atoms. The van der Waals surface area contributed by atoms with Gasteiger partial charge in [0.1, 0.15) is 0 Å².